The molecule has 0 bridgehead atoms. The highest BCUT2D eigenvalue weighted by Crippen LogP contribution is 2.21. The van der Waals surface area contributed by atoms with Crippen LogP contribution in [0, 0.1) is 5.82 Å². The van der Waals surface area contributed by atoms with Gasteiger partial charge in [0.2, 0.25) is 5.91 Å². The molecule has 0 saturated heterocycles. The van der Waals surface area contributed by atoms with Crippen molar-refractivity contribution in [3.8, 4) is 5.69 Å². The van der Waals surface area contributed by atoms with Crippen LogP contribution in [0.5, 0.6) is 0 Å². The van der Waals surface area contributed by atoms with Crippen molar-refractivity contribution in [1.29, 1.82) is 0 Å². The smallest absolute Gasteiger partial charge is 0.223 e. The van der Waals surface area contributed by atoms with Crippen LogP contribution < -0.4 is 0 Å². The van der Waals surface area contributed by atoms with Gasteiger partial charge in [0.05, 0.1) is 11.7 Å². The van der Waals surface area contributed by atoms with Gasteiger partial charge in [-0.3, -0.25) is 4.79 Å². The Balaban J connectivity index is 1.62. The molecule has 1 amide bonds. The highest BCUT2D eigenvalue weighted by atomic mass is 19.1. The van der Waals surface area contributed by atoms with Crippen molar-refractivity contribution in [3.05, 3.63) is 78.1 Å². The number of hydrogen-bond acceptors (Lipinski definition) is 3. The van der Waals surface area contributed by atoms with E-state index in [-0.39, 0.29) is 24.2 Å². The van der Waals surface area contributed by atoms with E-state index in [0.717, 1.165) is 11.3 Å². The molecule has 0 unspecified atom stereocenters. The fourth-order valence-electron chi connectivity index (χ4n) is 2.81. The molecule has 0 aliphatic carbocycles. The van der Waals surface area contributed by atoms with Crippen LogP contribution in [-0.4, -0.2) is 32.6 Å². The minimum absolute atomic E-state index is 0.0129. The molecule has 0 aliphatic heterocycles. The van der Waals surface area contributed by atoms with Gasteiger partial charge in [0.15, 0.2) is 0 Å². The molecule has 26 heavy (non-hydrogen) atoms. The fraction of sp³-hybridized carbons (Fsp3) is 0.250. The first kappa shape index (κ1) is 17.8. The monoisotopic (exact) mass is 352 g/mol. The summed E-state index contributed by atoms with van der Waals surface area (Å²) in [5.41, 5.74) is 2.50. The summed E-state index contributed by atoms with van der Waals surface area (Å²) in [7, 11) is 1.78. The molecular formula is C20H21FN4O. The Labute approximate surface area is 152 Å². The van der Waals surface area contributed by atoms with Gasteiger partial charge in [0.25, 0.3) is 0 Å². The molecule has 0 radical (unpaired) electrons. The maximum absolute atomic E-state index is 13.7. The van der Waals surface area contributed by atoms with Gasteiger partial charge in [-0.05, 0) is 42.7 Å². The van der Waals surface area contributed by atoms with Crippen molar-refractivity contribution in [2.75, 3.05) is 7.05 Å². The number of hydrogen-bond donors (Lipinski definition) is 0. The van der Waals surface area contributed by atoms with Crippen LogP contribution in [0.4, 0.5) is 4.39 Å². The maximum Gasteiger partial charge on any atom is 0.223 e. The molecule has 2 aromatic carbocycles. The summed E-state index contributed by atoms with van der Waals surface area (Å²) in [5.74, 6) is -0.277. The molecule has 1 atom stereocenters. The van der Waals surface area contributed by atoms with E-state index in [1.165, 1.54) is 12.4 Å². The predicted octanol–water partition coefficient (Wildman–Crippen LogP) is 3.56. The Morgan fingerprint density at radius 1 is 1.19 bits per heavy atom. The fourth-order valence-corrected chi connectivity index (χ4v) is 2.81. The highest BCUT2D eigenvalue weighted by molar-refractivity contribution is 5.76. The molecule has 1 heterocycles. The van der Waals surface area contributed by atoms with Gasteiger partial charge in [-0.25, -0.2) is 14.1 Å². The number of carbonyl (C=O) groups is 1. The summed E-state index contributed by atoms with van der Waals surface area (Å²) in [6.45, 7) is 1.98. The largest absolute Gasteiger partial charge is 0.339 e. The van der Waals surface area contributed by atoms with Gasteiger partial charge in [-0.2, -0.15) is 5.10 Å². The van der Waals surface area contributed by atoms with Crippen LogP contribution in [0.25, 0.3) is 5.69 Å². The Hall–Kier alpha value is -3.02. The second-order valence-corrected chi connectivity index (χ2v) is 6.20. The lowest BCUT2D eigenvalue weighted by atomic mass is 10.0. The summed E-state index contributed by atoms with van der Waals surface area (Å²) < 4.78 is 15.4. The van der Waals surface area contributed by atoms with E-state index < -0.39 is 0 Å². The van der Waals surface area contributed by atoms with Crippen molar-refractivity contribution in [3.63, 3.8) is 0 Å². The molecule has 3 aromatic rings. The molecule has 6 heteroatoms. The van der Waals surface area contributed by atoms with Crippen molar-refractivity contribution in [1.82, 2.24) is 19.7 Å². The molecule has 1 aromatic heterocycles. The third-order valence-electron chi connectivity index (χ3n) is 4.60. The number of nitrogens with zero attached hydrogens (tertiary/aromatic N) is 4. The molecular weight excluding hydrogens is 331 g/mol. The minimum atomic E-state index is -0.264. The van der Waals surface area contributed by atoms with Crippen LogP contribution >= 0.6 is 0 Å². The Morgan fingerprint density at radius 3 is 2.58 bits per heavy atom. The van der Waals surface area contributed by atoms with Crippen molar-refractivity contribution in [2.45, 2.75) is 25.8 Å². The third kappa shape index (κ3) is 3.96. The van der Waals surface area contributed by atoms with Gasteiger partial charge in [0.1, 0.15) is 18.5 Å². The predicted molar refractivity (Wildman–Crippen MR) is 97.3 cm³/mol. The average molecular weight is 352 g/mol. The summed E-state index contributed by atoms with van der Waals surface area (Å²) in [5, 5.41) is 4.09. The summed E-state index contributed by atoms with van der Waals surface area (Å²) in [6, 6.07) is 14.3. The molecule has 0 saturated carbocycles. The molecule has 5 nitrogen and oxygen atoms in total. The minimum Gasteiger partial charge on any atom is -0.339 e. The highest BCUT2D eigenvalue weighted by Gasteiger charge is 2.18. The molecule has 0 fully saturated rings. The van der Waals surface area contributed by atoms with E-state index >= 15 is 0 Å². The maximum atomic E-state index is 13.7. The zero-order valence-electron chi connectivity index (χ0n) is 14.8. The normalized spacial score (nSPS) is 12.0. The number of aromatic nitrogens is 3. The Bertz CT molecular complexity index is 862. The Kier molecular flexibility index (Phi) is 5.41. The van der Waals surface area contributed by atoms with Crippen LogP contribution in [0.15, 0.2) is 61.2 Å². The number of aryl methyl sites for hydroxylation is 1. The van der Waals surface area contributed by atoms with Crippen molar-refractivity contribution >= 4 is 5.91 Å². The SMILES string of the molecule is C[C@H](c1ccc(-n2cncn2)cc1)N(C)C(=O)CCc1ccccc1F. The van der Waals surface area contributed by atoms with E-state index in [0.29, 0.717) is 12.0 Å². The number of carbonyl (C=O) groups excluding carboxylic acids is 1. The van der Waals surface area contributed by atoms with Gasteiger partial charge in [0, 0.05) is 13.5 Å². The van der Waals surface area contributed by atoms with Crippen LogP contribution in [0.1, 0.15) is 30.5 Å². The third-order valence-corrected chi connectivity index (χ3v) is 4.60. The van der Waals surface area contributed by atoms with Crippen molar-refractivity contribution < 1.29 is 9.18 Å². The average Bonchev–Trinajstić information content (AvgIpc) is 3.21. The summed E-state index contributed by atoms with van der Waals surface area (Å²) in [6.07, 6.45) is 3.79. The molecule has 0 N–H and O–H groups in total. The first-order valence-corrected chi connectivity index (χ1v) is 8.50. The second-order valence-electron chi connectivity index (χ2n) is 6.20. The van der Waals surface area contributed by atoms with Gasteiger partial charge < -0.3 is 4.90 Å². The zero-order chi connectivity index (χ0) is 18.5. The number of amides is 1. The van der Waals surface area contributed by atoms with Gasteiger partial charge in [-0.1, -0.05) is 30.3 Å². The number of benzene rings is 2. The topological polar surface area (TPSA) is 51.0 Å². The van der Waals surface area contributed by atoms with E-state index in [2.05, 4.69) is 10.1 Å². The van der Waals surface area contributed by atoms with Crippen molar-refractivity contribution in [2.24, 2.45) is 0 Å². The number of halogens is 1. The first-order valence-electron chi connectivity index (χ1n) is 8.50. The lowest BCUT2D eigenvalue weighted by molar-refractivity contribution is -0.131. The molecule has 134 valence electrons. The summed E-state index contributed by atoms with van der Waals surface area (Å²) >= 11 is 0. The lowest BCUT2D eigenvalue weighted by Crippen LogP contribution is -2.29. The zero-order valence-corrected chi connectivity index (χ0v) is 14.8. The molecule has 3 rings (SSSR count). The van der Waals surface area contributed by atoms with E-state index in [9.17, 15) is 9.18 Å². The lowest BCUT2D eigenvalue weighted by Gasteiger charge is -2.25. The quantitative estimate of drug-likeness (QED) is 0.682. The molecule has 0 spiro atoms. The van der Waals surface area contributed by atoms with Gasteiger partial charge in [-0.15, -0.1) is 0 Å². The van der Waals surface area contributed by atoms with Crippen LogP contribution in [-0.2, 0) is 11.2 Å². The number of rotatable bonds is 6. The second kappa shape index (κ2) is 7.91. The van der Waals surface area contributed by atoms with Crippen LogP contribution in [0.2, 0.25) is 0 Å². The van der Waals surface area contributed by atoms with E-state index in [1.807, 2.05) is 31.2 Å². The van der Waals surface area contributed by atoms with E-state index in [4.69, 9.17) is 0 Å². The Morgan fingerprint density at radius 2 is 1.92 bits per heavy atom. The first-order chi connectivity index (χ1) is 12.6. The summed E-state index contributed by atoms with van der Waals surface area (Å²) in [4.78, 5) is 18.1. The standard InChI is InChI=1S/C20H21FN4O/c1-15(16-7-10-18(11-8-16)25-14-22-13-23-25)24(2)20(26)12-9-17-5-3-4-6-19(17)21/h3-8,10-11,13-15H,9,12H2,1-2H3/t15-/m1/s1. The van der Waals surface area contributed by atoms with Gasteiger partial charge >= 0.3 is 0 Å². The molecule has 0 aliphatic rings. The van der Waals surface area contributed by atoms with Crippen LogP contribution in [0.3, 0.4) is 0 Å². The van der Waals surface area contributed by atoms with E-state index in [1.54, 1.807) is 41.2 Å².